The Hall–Kier alpha value is -1.95. The summed E-state index contributed by atoms with van der Waals surface area (Å²) in [7, 11) is 0. The maximum absolute atomic E-state index is 13.7. The van der Waals surface area contributed by atoms with E-state index in [0.717, 1.165) is 0 Å². The number of benzene rings is 2. The Morgan fingerprint density at radius 1 is 1.08 bits per heavy atom. The van der Waals surface area contributed by atoms with Crippen molar-refractivity contribution in [3.05, 3.63) is 63.4 Å². The fourth-order valence-electron chi connectivity index (χ4n) is 2.48. The largest absolute Gasteiger partial charge is 0.325 e. The normalized spacial score (nSPS) is 13.2. The van der Waals surface area contributed by atoms with Crippen LogP contribution in [0.5, 0.6) is 0 Å². The van der Waals surface area contributed by atoms with Gasteiger partial charge in [0.15, 0.2) is 5.78 Å². The third-order valence-corrected chi connectivity index (χ3v) is 4.55. The molecule has 138 valence electrons. The first-order chi connectivity index (χ1) is 12.2. The topological polar surface area (TPSA) is 58.2 Å². The van der Waals surface area contributed by atoms with Gasteiger partial charge in [-0.25, -0.2) is 4.39 Å². The SMILES string of the molecule is CC(=O)c1cccc(NC(=O)[C@@H](C)N[C@@H](C)c2cc(F)c(Cl)cc2Cl)c1. The minimum Gasteiger partial charge on any atom is -0.325 e. The predicted octanol–water partition coefficient (Wildman–Crippen LogP) is 5.01. The predicted molar refractivity (Wildman–Crippen MR) is 103 cm³/mol. The molecule has 0 saturated heterocycles. The third kappa shape index (κ3) is 5.04. The molecule has 0 aromatic heterocycles. The van der Waals surface area contributed by atoms with E-state index in [0.29, 0.717) is 21.8 Å². The second kappa shape index (κ2) is 8.62. The molecule has 0 spiro atoms. The fraction of sp³-hybridized carbons (Fsp3) is 0.263. The molecule has 26 heavy (non-hydrogen) atoms. The van der Waals surface area contributed by atoms with Crippen LogP contribution >= 0.6 is 23.2 Å². The van der Waals surface area contributed by atoms with E-state index in [4.69, 9.17) is 23.2 Å². The second-order valence-electron chi connectivity index (χ2n) is 6.02. The average Bonchev–Trinajstić information content (AvgIpc) is 2.58. The number of hydrogen-bond acceptors (Lipinski definition) is 3. The van der Waals surface area contributed by atoms with E-state index < -0.39 is 11.9 Å². The summed E-state index contributed by atoms with van der Waals surface area (Å²) in [6.45, 7) is 4.91. The molecular weight excluding hydrogens is 378 g/mol. The fourth-order valence-corrected chi connectivity index (χ4v) is 3.02. The lowest BCUT2D eigenvalue weighted by Gasteiger charge is -2.21. The first-order valence-electron chi connectivity index (χ1n) is 8.01. The van der Waals surface area contributed by atoms with Gasteiger partial charge in [-0.05, 0) is 50.6 Å². The average molecular weight is 397 g/mol. The summed E-state index contributed by atoms with van der Waals surface area (Å²) >= 11 is 11.8. The van der Waals surface area contributed by atoms with Crippen LogP contribution < -0.4 is 10.6 Å². The molecule has 0 bridgehead atoms. The second-order valence-corrected chi connectivity index (χ2v) is 6.84. The van der Waals surface area contributed by atoms with Crippen molar-refractivity contribution >= 4 is 40.6 Å². The zero-order valence-corrected chi connectivity index (χ0v) is 16.1. The Morgan fingerprint density at radius 2 is 1.77 bits per heavy atom. The maximum Gasteiger partial charge on any atom is 0.241 e. The van der Waals surface area contributed by atoms with Crippen molar-refractivity contribution in [3.63, 3.8) is 0 Å². The number of carbonyl (C=O) groups excluding carboxylic acids is 2. The van der Waals surface area contributed by atoms with Crippen molar-refractivity contribution in [2.24, 2.45) is 0 Å². The highest BCUT2D eigenvalue weighted by molar-refractivity contribution is 6.35. The van der Waals surface area contributed by atoms with Crippen molar-refractivity contribution in [1.29, 1.82) is 0 Å². The van der Waals surface area contributed by atoms with Gasteiger partial charge in [0.1, 0.15) is 5.82 Å². The van der Waals surface area contributed by atoms with Gasteiger partial charge in [-0.15, -0.1) is 0 Å². The van der Waals surface area contributed by atoms with Gasteiger partial charge in [-0.3, -0.25) is 14.9 Å². The number of halogens is 3. The Labute approximate surface area is 161 Å². The third-order valence-electron chi connectivity index (χ3n) is 3.94. The minimum atomic E-state index is -0.583. The van der Waals surface area contributed by atoms with E-state index in [-0.39, 0.29) is 22.8 Å². The highest BCUT2D eigenvalue weighted by Crippen LogP contribution is 2.28. The molecule has 0 fully saturated rings. The molecule has 0 radical (unpaired) electrons. The number of carbonyl (C=O) groups is 2. The van der Waals surface area contributed by atoms with Gasteiger partial charge in [0.25, 0.3) is 0 Å². The molecule has 0 aliphatic carbocycles. The van der Waals surface area contributed by atoms with Crippen LogP contribution in [0.4, 0.5) is 10.1 Å². The number of amides is 1. The molecule has 2 atom stereocenters. The molecule has 2 aromatic rings. The number of ketones is 1. The zero-order valence-electron chi connectivity index (χ0n) is 14.6. The monoisotopic (exact) mass is 396 g/mol. The first kappa shape index (κ1) is 20.4. The van der Waals surface area contributed by atoms with Crippen LogP contribution in [0.1, 0.15) is 42.7 Å². The van der Waals surface area contributed by atoms with Crippen LogP contribution in [0.25, 0.3) is 0 Å². The highest BCUT2D eigenvalue weighted by Gasteiger charge is 2.19. The van der Waals surface area contributed by atoms with Crippen LogP contribution in [-0.2, 0) is 4.79 Å². The molecular formula is C19H19Cl2FN2O2. The van der Waals surface area contributed by atoms with Crippen LogP contribution in [-0.4, -0.2) is 17.7 Å². The quantitative estimate of drug-likeness (QED) is 0.532. The molecule has 2 rings (SSSR count). The van der Waals surface area contributed by atoms with Gasteiger partial charge < -0.3 is 5.32 Å². The van der Waals surface area contributed by atoms with Gasteiger partial charge in [0, 0.05) is 22.3 Å². The van der Waals surface area contributed by atoms with Crippen molar-refractivity contribution in [3.8, 4) is 0 Å². The van der Waals surface area contributed by atoms with Crippen LogP contribution in [0.2, 0.25) is 10.0 Å². The Bertz CT molecular complexity index is 842. The summed E-state index contributed by atoms with van der Waals surface area (Å²) in [5.74, 6) is -0.943. The Kier molecular flexibility index (Phi) is 6.75. The molecule has 2 aromatic carbocycles. The van der Waals surface area contributed by atoms with Crippen LogP contribution in [0.3, 0.4) is 0 Å². The molecule has 1 amide bonds. The van der Waals surface area contributed by atoms with Crippen molar-refractivity contribution in [1.82, 2.24) is 5.32 Å². The Morgan fingerprint density at radius 3 is 2.42 bits per heavy atom. The zero-order chi connectivity index (χ0) is 19.4. The van der Waals surface area contributed by atoms with E-state index in [1.54, 1.807) is 38.1 Å². The summed E-state index contributed by atoms with van der Waals surface area (Å²) in [6, 6.07) is 8.32. The van der Waals surface area contributed by atoms with E-state index >= 15 is 0 Å². The van der Waals surface area contributed by atoms with E-state index in [2.05, 4.69) is 10.6 Å². The lowest BCUT2D eigenvalue weighted by Crippen LogP contribution is -2.39. The van der Waals surface area contributed by atoms with Crippen molar-refractivity contribution in [2.75, 3.05) is 5.32 Å². The number of Topliss-reactive ketones (excluding diaryl/α,β-unsaturated/α-hetero) is 1. The summed E-state index contributed by atoms with van der Waals surface area (Å²) < 4.78 is 13.7. The van der Waals surface area contributed by atoms with Crippen molar-refractivity contribution < 1.29 is 14.0 Å². The molecule has 7 heteroatoms. The van der Waals surface area contributed by atoms with Gasteiger partial charge in [-0.1, -0.05) is 35.3 Å². The van der Waals surface area contributed by atoms with Crippen LogP contribution in [0, 0.1) is 5.82 Å². The van der Waals surface area contributed by atoms with E-state index in [9.17, 15) is 14.0 Å². The van der Waals surface area contributed by atoms with Gasteiger partial charge in [-0.2, -0.15) is 0 Å². The lowest BCUT2D eigenvalue weighted by molar-refractivity contribution is -0.117. The van der Waals surface area contributed by atoms with E-state index in [1.807, 2.05) is 0 Å². The number of anilines is 1. The molecule has 0 saturated carbocycles. The van der Waals surface area contributed by atoms with Gasteiger partial charge >= 0.3 is 0 Å². The number of rotatable bonds is 6. The minimum absolute atomic E-state index is 0.0536. The highest BCUT2D eigenvalue weighted by atomic mass is 35.5. The smallest absolute Gasteiger partial charge is 0.241 e. The maximum atomic E-state index is 13.7. The summed E-state index contributed by atoms with van der Waals surface area (Å²) in [5, 5.41) is 6.08. The lowest BCUT2D eigenvalue weighted by atomic mass is 10.1. The molecule has 4 nitrogen and oxygen atoms in total. The van der Waals surface area contributed by atoms with Gasteiger partial charge in [0.2, 0.25) is 5.91 Å². The summed E-state index contributed by atoms with van der Waals surface area (Å²) in [6.07, 6.45) is 0. The molecule has 0 unspecified atom stereocenters. The van der Waals surface area contributed by atoms with Crippen LogP contribution in [0.15, 0.2) is 36.4 Å². The standard InChI is InChI=1S/C19H19Cl2FN2O2/c1-10(15-8-18(22)17(21)9-16(15)20)23-11(2)19(26)24-14-6-4-5-13(7-14)12(3)25/h4-11,23H,1-3H3,(H,24,26)/t10-,11+/m0/s1. The summed E-state index contributed by atoms with van der Waals surface area (Å²) in [5.41, 5.74) is 1.55. The van der Waals surface area contributed by atoms with Gasteiger partial charge in [0.05, 0.1) is 11.1 Å². The van der Waals surface area contributed by atoms with Crippen molar-refractivity contribution in [2.45, 2.75) is 32.9 Å². The molecule has 0 aliphatic heterocycles. The number of nitrogens with one attached hydrogen (secondary N) is 2. The summed E-state index contributed by atoms with van der Waals surface area (Å²) in [4.78, 5) is 23.8. The molecule has 0 heterocycles. The number of hydrogen-bond donors (Lipinski definition) is 2. The van der Waals surface area contributed by atoms with E-state index in [1.165, 1.54) is 19.1 Å². The molecule has 2 N–H and O–H groups in total. The Balaban J connectivity index is 2.06. The molecule has 0 aliphatic rings. The first-order valence-corrected chi connectivity index (χ1v) is 8.77.